The fourth-order valence-corrected chi connectivity index (χ4v) is 1.20. The zero-order valence-electron chi connectivity index (χ0n) is 7.90. The number of benzene rings is 1. The second-order valence-corrected chi connectivity index (χ2v) is 3.44. The SMILES string of the molecule is N#CC(CC(N)=O)Nc1ccc(Cl)cc1. The fourth-order valence-electron chi connectivity index (χ4n) is 1.08. The molecule has 1 atom stereocenters. The van der Waals surface area contributed by atoms with Crippen LogP contribution < -0.4 is 11.1 Å². The normalized spacial score (nSPS) is 11.5. The summed E-state index contributed by atoms with van der Waals surface area (Å²) >= 11 is 5.70. The smallest absolute Gasteiger partial charge is 0.220 e. The van der Waals surface area contributed by atoms with Gasteiger partial charge in [-0.15, -0.1) is 0 Å². The number of nitrogens with one attached hydrogen (secondary N) is 1. The molecule has 1 aromatic carbocycles. The number of hydrogen-bond acceptors (Lipinski definition) is 3. The third-order valence-corrected chi connectivity index (χ3v) is 2.00. The lowest BCUT2D eigenvalue weighted by Gasteiger charge is -2.10. The minimum absolute atomic E-state index is 0.0148. The largest absolute Gasteiger partial charge is 0.370 e. The van der Waals surface area contributed by atoms with E-state index in [9.17, 15) is 4.79 Å². The third kappa shape index (κ3) is 3.88. The minimum atomic E-state index is -0.608. The number of halogens is 1. The van der Waals surface area contributed by atoms with E-state index >= 15 is 0 Å². The lowest BCUT2D eigenvalue weighted by Crippen LogP contribution is -2.25. The summed E-state index contributed by atoms with van der Waals surface area (Å²) < 4.78 is 0. The third-order valence-electron chi connectivity index (χ3n) is 1.75. The van der Waals surface area contributed by atoms with Crippen LogP contribution >= 0.6 is 11.6 Å². The highest BCUT2D eigenvalue weighted by Gasteiger charge is 2.09. The van der Waals surface area contributed by atoms with Crippen molar-refractivity contribution >= 4 is 23.2 Å². The van der Waals surface area contributed by atoms with Gasteiger partial charge in [0, 0.05) is 10.7 Å². The van der Waals surface area contributed by atoms with Gasteiger partial charge in [-0.3, -0.25) is 4.79 Å². The van der Waals surface area contributed by atoms with Crippen LogP contribution in [-0.4, -0.2) is 11.9 Å². The monoisotopic (exact) mass is 223 g/mol. The molecule has 0 fully saturated rings. The van der Waals surface area contributed by atoms with Crippen molar-refractivity contribution in [3.63, 3.8) is 0 Å². The molecule has 0 radical (unpaired) electrons. The molecular weight excluding hydrogens is 214 g/mol. The molecular formula is C10H10ClN3O. The number of rotatable bonds is 4. The highest BCUT2D eigenvalue weighted by atomic mass is 35.5. The van der Waals surface area contributed by atoms with Crippen molar-refractivity contribution in [3.8, 4) is 6.07 Å². The van der Waals surface area contributed by atoms with E-state index in [1.807, 2.05) is 6.07 Å². The van der Waals surface area contributed by atoms with E-state index in [4.69, 9.17) is 22.6 Å². The number of anilines is 1. The molecule has 5 heteroatoms. The Hall–Kier alpha value is -1.73. The number of nitriles is 1. The molecule has 0 aromatic heterocycles. The Morgan fingerprint density at radius 2 is 2.13 bits per heavy atom. The Morgan fingerprint density at radius 3 is 2.60 bits per heavy atom. The number of nitrogens with two attached hydrogens (primary N) is 1. The summed E-state index contributed by atoms with van der Waals surface area (Å²) in [6, 6.07) is 8.20. The van der Waals surface area contributed by atoms with Crippen molar-refractivity contribution in [2.75, 3.05) is 5.32 Å². The van der Waals surface area contributed by atoms with E-state index < -0.39 is 11.9 Å². The molecule has 1 amide bonds. The topological polar surface area (TPSA) is 78.9 Å². The summed E-state index contributed by atoms with van der Waals surface area (Å²) in [6.07, 6.45) is -0.0148. The molecule has 0 aliphatic heterocycles. The van der Waals surface area contributed by atoms with Crippen LogP contribution in [0.4, 0.5) is 5.69 Å². The van der Waals surface area contributed by atoms with E-state index in [1.165, 1.54) is 0 Å². The predicted octanol–water partition coefficient (Wildman–Crippen LogP) is 1.52. The van der Waals surface area contributed by atoms with Crippen LogP contribution in [0, 0.1) is 11.3 Å². The fraction of sp³-hybridized carbons (Fsp3) is 0.200. The van der Waals surface area contributed by atoms with Gasteiger partial charge in [0.25, 0.3) is 0 Å². The number of nitrogens with zero attached hydrogens (tertiary/aromatic N) is 1. The van der Waals surface area contributed by atoms with Crippen LogP contribution in [-0.2, 0) is 4.79 Å². The average Bonchev–Trinajstić information content (AvgIpc) is 2.19. The van der Waals surface area contributed by atoms with Crippen molar-refractivity contribution < 1.29 is 4.79 Å². The number of hydrogen-bond donors (Lipinski definition) is 2. The standard InChI is InChI=1S/C10H10ClN3O/c11-7-1-3-8(4-2-7)14-9(6-12)5-10(13)15/h1-4,9,14H,5H2,(H2,13,15). The predicted molar refractivity (Wildman–Crippen MR) is 58.3 cm³/mol. The molecule has 0 aliphatic carbocycles. The maximum absolute atomic E-state index is 10.6. The Balaban J connectivity index is 2.63. The Bertz CT molecular complexity index is 383. The molecule has 0 saturated heterocycles. The Kier molecular flexibility index (Phi) is 3.95. The molecule has 0 saturated carbocycles. The maximum atomic E-state index is 10.6. The van der Waals surface area contributed by atoms with E-state index in [2.05, 4.69) is 5.32 Å². The molecule has 1 rings (SSSR count). The summed E-state index contributed by atoms with van der Waals surface area (Å²) in [6.45, 7) is 0. The first-order chi connectivity index (χ1) is 7.11. The summed E-state index contributed by atoms with van der Waals surface area (Å²) in [5.74, 6) is -0.511. The van der Waals surface area contributed by atoms with Crippen molar-refractivity contribution in [1.29, 1.82) is 5.26 Å². The van der Waals surface area contributed by atoms with E-state index in [0.29, 0.717) is 5.02 Å². The van der Waals surface area contributed by atoms with Crippen molar-refractivity contribution in [3.05, 3.63) is 29.3 Å². The van der Waals surface area contributed by atoms with E-state index in [1.54, 1.807) is 24.3 Å². The quantitative estimate of drug-likeness (QED) is 0.812. The zero-order valence-corrected chi connectivity index (χ0v) is 8.66. The maximum Gasteiger partial charge on any atom is 0.220 e. The lowest BCUT2D eigenvalue weighted by atomic mass is 10.2. The minimum Gasteiger partial charge on any atom is -0.370 e. The first kappa shape index (κ1) is 11.3. The highest BCUT2D eigenvalue weighted by Crippen LogP contribution is 2.14. The highest BCUT2D eigenvalue weighted by molar-refractivity contribution is 6.30. The average molecular weight is 224 g/mol. The van der Waals surface area contributed by atoms with Gasteiger partial charge in [-0.25, -0.2) is 0 Å². The summed E-state index contributed by atoms with van der Waals surface area (Å²) in [4.78, 5) is 10.6. The van der Waals surface area contributed by atoms with Gasteiger partial charge in [-0.1, -0.05) is 11.6 Å². The molecule has 4 nitrogen and oxygen atoms in total. The van der Waals surface area contributed by atoms with Crippen LogP contribution in [0.1, 0.15) is 6.42 Å². The van der Waals surface area contributed by atoms with Crippen LogP contribution in [0.5, 0.6) is 0 Å². The van der Waals surface area contributed by atoms with Gasteiger partial charge >= 0.3 is 0 Å². The molecule has 3 N–H and O–H groups in total. The van der Waals surface area contributed by atoms with Crippen molar-refractivity contribution in [1.82, 2.24) is 0 Å². The van der Waals surface area contributed by atoms with Crippen molar-refractivity contribution in [2.24, 2.45) is 5.73 Å². The molecule has 78 valence electrons. The molecule has 15 heavy (non-hydrogen) atoms. The number of amides is 1. The first-order valence-electron chi connectivity index (χ1n) is 4.32. The van der Waals surface area contributed by atoms with Gasteiger partial charge in [-0.05, 0) is 24.3 Å². The van der Waals surface area contributed by atoms with Crippen LogP contribution in [0.25, 0.3) is 0 Å². The van der Waals surface area contributed by atoms with Gasteiger partial charge in [-0.2, -0.15) is 5.26 Å². The molecule has 1 aromatic rings. The van der Waals surface area contributed by atoms with E-state index in [-0.39, 0.29) is 6.42 Å². The first-order valence-corrected chi connectivity index (χ1v) is 4.69. The molecule has 0 spiro atoms. The summed E-state index contributed by atoms with van der Waals surface area (Å²) in [7, 11) is 0. The van der Waals surface area contributed by atoms with Gasteiger partial charge in [0.2, 0.25) is 5.91 Å². The Morgan fingerprint density at radius 1 is 1.53 bits per heavy atom. The van der Waals surface area contributed by atoms with Crippen LogP contribution in [0.3, 0.4) is 0 Å². The van der Waals surface area contributed by atoms with Crippen LogP contribution in [0.15, 0.2) is 24.3 Å². The second kappa shape index (κ2) is 5.23. The molecule has 0 bridgehead atoms. The number of carbonyl (C=O) groups excluding carboxylic acids is 1. The molecule has 1 unspecified atom stereocenters. The van der Waals surface area contributed by atoms with Gasteiger partial charge < -0.3 is 11.1 Å². The lowest BCUT2D eigenvalue weighted by molar-refractivity contribution is -0.118. The van der Waals surface area contributed by atoms with Gasteiger partial charge in [0.15, 0.2) is 0 Å². The van der Waals surface area contributed by atoms with Crippen molar-refractivity contribution in [2.45, 2.75) is 12.5 Å². The summed E-state index contributed by atoms with van der Waals surface area (Å²) in [5, 5.41) is 12.2. The summed E-state index contributed by atoms with van der Waals surface area (Å²) in [5.41, 5.74) is 5.72. The second-order valence-electron chi connectivity index (χ2n) is 3.00. The van der Waals surface area contributed by atoms with Crippen LogP contribution in [0.2, 0.25) is 5.02 Å². The Labute approximate surface area is 92.6 Å². The van der Waals surface area contributed by atoms with Gasteiger partial charge in [0.1, 0.15) is 6.04 Å². The molecule has 0 aliphatic rings. The van der Waals surface area contributed by atoms with E-state index in [0.717, 1.165) is 5.69 Å². The number of primary amides is 1. The number of carbonyl (C=O) groups is 1. The van der Waals surface area contributed by atoms with Gasteiger partial charge in [0.05, 0.1) is 12.5 Å². The molecule has 0 heterocycles. The zero-order chi connectivity index (χ0) is 11.3.